The van der Waals surface area contributed by atoms with Gasteiger partial charge in [0, 0.05) is 0 Å². The summed E-state index contributed by atoms with van der Waals surface area (Å²) in [4.78, 5) is 0. The lowest BCUT2D eigenvalue weighted by Crippen LogP contribution is -2.22. The van der Waals surface area contributed by atoms with Crippen LogP contribution in [0.15, 0.2) is 24.3 Å². The van der Waals surface area contributed by atoms with E-state index in [0.29, 0.717) is 0 Å². The van der Waals surface area contributed by atoms with E-state index in [2.05, 4.69) is 0 Å². The van der Waals surface area contributed by atoms with Gasteiger partial charge in [0.2, 0.25) is 0 Å². The van der Waals surface area contributed by atoms with Crippen molar-refractivity contribution in [3.05, 3.63) is 29.8 Å². The molecule has 0 heterocycles. The lowest BCUT2D eigenvalue weighted by molar-refractivity contribution is -0.139. The summed E-state index contributed by atoms with van der Waals surface area (Å²) in [7, 11) is 0. The fourth-order valence-corrected chi connectivity index (χ4v) is 1.07. The van der Waals surface area contributed by atoms with Gasteiger partial charge >= 0.3 is 6.18 Å². The van der Waals surface area contributed by atoms with Gasteiger partial charge in [0.1, 0.15) is 18.5 Å². The predicted molar refractivity (Wildman–Crippen MR) is 50.0 cm³/mol. The fraction of sp³-hybridized carbons (Fsp3) is 0.400. The Morgan fingerprint density at radius 3 is 2.44 bits per heavy atom. The highest BCUT2D eigenvalue weighted by molar-refractivity contribution is 5.35. The van der Waals surface area contributed by atoms with E-state index in [4.69, 9.17) is 14.9 Å². The topological polar surface area (TPSA) is 49.7 Å². The second kappa shape index (κ2) is 5.18. The maximum absolute atomic E-state index is 12.5. The van der Waals surface area contributed by atoms with Crippen LogP contribution in [0.3, 0.4) is 0 Å². The highest BCUT2D eigenvalue weighted by Crippen LogP contribution is 2.35. The summed E-state index contributed by atoms with van der Waals surface area (Å²) in [5.74, 6) is -0.359. The van der Waals surface area contributed by atoms with Crippen LogP contribution < -0.4 is 4.74 Å². The Balaban J connectivity index is 2.80. The first-order valence-electron chi connectivity index (χ1n) is 4.53. The highest BCUT2D eigenvalue weighted by atomic mass is 19.4. The van der Waals surface area contributed by atoms with E-state index in [0.717, 1.165) is 12.1 Å². The van der Waals surface area contributed by atoms with E-state index in [-0.39, 0.29) is 12.4 Å². The first-order chi connectivity index (χ1) is 7.45. The Bertz CT molecular complexity index is 338. The Morgan fingerprint density at radius 1 is 1.25 bits per heavy atom. The molecule has 0 amide bonds. The third-order valence-electron chi connectivity index (χ3n) is 1.83. The summed E-state index contributed by atoms with van der Waals surface area (Å²) >= 11 is 0. The first-order valence-corrected chi connectivity index (χ1v) is 4.53. The zero-order valence-corrected chi connectivity index (χ0v) is 8.24. The lowest BCUT2D eigenvalue weighted by atomic mass is 10.2. The maximum atomic E-state index is 12.5. The number of hydrogen-bond acceptors (Lipinski definition) is 3. The molecule has 0 aliphatic carbocycles. The molecule has 1 aromatic carbocycles. The highest BCUT2D eigenvalue weighted by Gasteiger charge is 2.34. The molecule has 0 unspecified atom stereocenters. The van der Waals surface area contributed by atoms with Crippen LogP contribution in [0.4, 0.5) is 13.2 Å². The molecule has 0 aliphatic rings. The molecule has 3 nitrogen and oxygen atoms in total. The van der Waals surface area contributed by atoms with Crippen molar-refractivity contribution in [3.8, 4) is 5.75 Å². The zero-order chi connectivity index (χ0) is 12.2. The average Bonchev–Trinajstić information content (AvgIpc) is 2.25. The van der Waals surface area contributed by atoms with Crippen molar-refractivity contribution in [1.82, 2.24) is 0 Å². The molecule has 2 N–H and O–H groups in total. The number of alkyl halides is 3. The summed E-state index contributed by atoms with van der Waals surface area (Å²) in [5.41, 5.74) is -0.903. The summed E-state index contributed by atoms with van der Waals surface area (Å²) in [5, 5.41) is 17.4. The molecule has 6 heteroatoms. The molecule has 1 rings (SSSR count). The van der Waals surface area contributed by atoms with E-state index in [1.54, 1.807) is 0 Å². The van der Waals surface area contributed by atoms with Gasteiger partial charge in [-0.3, -0.25) is 0 Å². The quantitative estimate of drug-likeness (QED) is 0.831. The summed E-state index contributed by atoms with van der Waals surface area (Å²) in [6.07, 6.45) is -5.69. The summed E-state index contributed by atoms with van der Waals surface area (Å²) < 4.78 is 42.2. The minimum atomic E-state index is -4.50. The van der Waals surface area contributed by atoms with E-state index in [1.165, 1.54) is 12.1 Å². The molecule has 0 fully saturated rings. The van der Waals surface area contributed by atoms with Crippen molar-refractivity contribution in [2.45, 2.75) is 12.3 Å². The number of aliphatic hydroxyl groups is 2. The van der Waals surface area contributed by atoms with Crippen molar-refractivity contribution < 1.29 is 28.1 Å². The Labute approximate surface area is 90.1 Å². The van der Waals surface area contributed by atoms with E-state index >= 15 is 0 Å². The molecule has 0 bridgehead atoms. The molecule has 1 aromatic rings. The third kappa shape index (κ3) is 3.39. The average molecular weight is 236 g/mol. The van der Waals surface area contributed by atoms with Crippen molar-refractivity contribution in [3.63, 3.8) is 0 Å². The molecule has 0 spiro atoms. The molecule has 0 aliphatic heterocycles. The Kier molecular flexibility index (Phi) is 4.14. The molecule has 0 saturated heterocycles. The van der Waals surface area contributed by atoms with E-state index in [9.17, 15) is 13.2 Å². The molecular weight excluding hydrogens is 225 g/mol. The van der Waals surface area contributed by atoms with Crippen LogP contribution in [-0.2, 0) is 6.18 Å². The second-order valence-electron chi connectivity index (χ2n) is 3.14. The number of para-hydroxylation sites is 1. The SMILES string of the molecule is OC[C@H](O)COc1ccccc1C(F)(F)F. The number of halogens is 3. The summed E-state index contributed by atoms with van der Waals surface area (Å²) in [6, 6.07) is 4.70. The van der Waals surface area contributed by atoms with Crippen LogP contribution in [0, 0.1) is 0 Å². The van der Waals surface area contributed by atoms with Crippen LogP contribution in [0.2, 0.25) is 0 Å². The second-order valence-corrected chi connectivity index (χ2v) is 3.14. The van der Waals surface area contributed by atoms with Crippen LogP contribution >= 0.6 is 0 Å². The molecule has 1 atom stereocenters. The number of aliphatic hydroxyl groups excluding tert-OH is 2. The van der Waals surface area contributed by atoms with Crippen LogP contribution in [-0.4, -0.2) is 29.5 Å². The van der Waals surface area contributed by atoms with Gasteiger partial charge < -0.3 is 14.9 Å². The van der Waals surface area contributed by atoms with Gasteiger partial charge in [0.05, 0.1) is 12.2 Å². The van der Waals surface area contributed by atoms with Gasteiger partial charge in [-0.05, 0) is 12.1 Å². The van der Waals surface area contributed by atoms with Crippen LogP contribution in [0.25, 0.3) is 0 Å². The third-order valence-corrected chi connectivity index (χ3v) is 1.83. The first kappa shape index (κ1) is 12.8. The van der Waals surface area contributed by atoms with Crippen LogP contribution in [0.1, 0.15) is 5.56 Å². The normalized spacial score (nSPS) is 13.6. The van der Waals surface area contributed by atoms with Gasteiger partial charge in [-0.15, -0.1) is 0 Å². The maximum Gasteiger partial charge on any atom is 0.419 e. The number of rotatable bonds is 4. The van der Waals surface area contributed by atoms with E-state index < -0.39 is 24.5 Å². The van der Waals surface area contributed by atoms with Gasteiger partial charge in [0.15, 0.2) is 0 Å². The minimum Gasteiger partial charge on any atom is -0.490 e. The lowest BCUT2D eigenvalue weighted by Gasteiger charge is -2.15. The number of ether oxygens (including phenoxy) is 1. The smallest absolute Gasteiger partial charge is 0.419 e. The molecule has 16 heavy (non-hydrogen) atoms. The van der Waals surface area contributed by atoms with Gasteiger partial charge in [0.25, 0.3) is 0 Å². The zero-order valence-electron chi connectivity index (χ0n) is 8.24. The largest absolute Gasteiger partial charge is 0.490 e. The van der Waals surface area contributed by atoms with Crippen LogP contribution in [0.5, 0.6) is 5.75 Å². The molecule has 0 saturated carbocycles. The minimum absolute atomic E-state index is 0.359. The standard InChI is InChI=1S/C10H11F3O3/c11-10(12,13)8-3-1-2-4-9(8)16-6-7(15)5-14/h1-4,7,14-15H,5-6H2/t7-/m0/s1. The predicted octanol–water partition coefficient (Wildman–Crippen LogP) is 1.44. The number of hydrogen-bond donors (Lipinski definition) is 2. The molecule has 90 valence electrons. The number of benzene rings is 1. The molecule has 0 aromatic heterocycles. The fourth-order valence-electron chi connectivity index (χ4n) is 1.07. The molecule has 0 radical (unpaired) electrons. The molecular formula is C10H11F3O3. The summed E-state index contributed by atoms with van der Waals surface area (Å²) in [6.45, 7) is -0.947. The van der Waals surface area contributed by atoms with Gasteiger partial charge in [-0.1, -0.05) is 12.1 Å². The monoisotopic (exact) mass is 236 g/mol. The van der Waals surface area contributed by atoms with E-state index in [1.807, 2.05) is 0 Å². The van der Waals surface area contributed by atoms with Gasteiger partial charge in [-0.2, -0.15) is 13.2 Å². The Morgan fingerprint density at radius 2 is 1.88 bits per heavy atom. The van der Waals surface area contributed by atoms with Crippen molar-refractivity contribution in [2.75, 3.05) is 13.2 Å². The van der Waals surface area contributed by atoms with Crippen molar-refractivity contribution in [2.24, 2.45) is 0 Å². The van der Waals surface area contributed by atoms with Gasteiger partial charge in [-0.25, -0.2) is 0 Å². The van der Waals surface area contributed by atoms with Crippen molar-refractivity contribution in [1.29, 1.82) is 0 Å². The Hall–Kier alpha value is -1.27. The van der Waals surface area contributed by atoms with Crippen molar-refractivity contribution >= 4 is 0 Å².